The van der Waals surface area contributed by atoms with Crippen LogP contribution >= 0.6 is 31.9 Å². The maximum atomic E-state index is 12.1. The van der Waals surface area contributed by atoms with Crippen LogP contribution in [-0.2, 0) is 24.0 Å². The molecular formula is C80H164B5Br2N8O5. The Morgan fingerprint density at radius 2 is 0.790 bits per heavy atom. The molecule has 6 saturated heterocycles. The topological polar surface area (TPSA) is 160 Å². The zero-order valence-corrected chi connectivity index (χ0v) is 72.9. The van der Waals surface area contributed by atoms with Gasteiger partial charge >= 0.3 is 0 Å². The van der Waals surface area contributed by atoms with Gasteiger partial charge in [0, 0.05) is 122 Å². The molecule has 0 aromatic rings. The van der Waals surface area contributed by atoms with Crippen LogP contribution in [0.1, 0.15) is 358 Å². The molecule has 11 rings (SSSR count). The number of carbonyl (C=O) groups is 5. The SMILES string of the molecule is CC.CC.CC.CC.CC.CC.CC.CC.CC.CC.CC[C@H]1C[C@@H]2CCCCC[C@H]2N1.CC[C@H]1C[C@@H]2CCCCC[C@H]2N1C(=O)CBr.NC[C@H]1C[C@@H]2CCCCC[C@H]2N1.O=CN1CC(=O)N2[C@H](C[C@@H]3CCCCC[C@H]32)C1.O=CNC[C@H]1C[C@@H]2CCCCC[C@H]2N1C(=O)CBr.[B].[B].[B].[B].[B]. The highest BCUT2D eigenvalue weighted by atomic mass is 79.9. The van der Waals surface area contributed by atoms with Gasteiger partial charge in [-0.05, 0) is 139 Å². The Kier molecular flexibility index (Phi) is 91.9. The Balaban J connectivity index is -0.000000138. The van der Waals surface area contributed by atoms with Gasteiger partial charge in [-0.1, -0.05) is 280 Å². The quantitative estimate of drug-likeness (QED) is 0.101. The summed E-state index contributed by atoms with van der Waals surface area (Å²) in [6, 6.07) is 5.59. The first-order chi connectivity index (χ1) is 46.6. The van der Waals surface area contributed by atoms with Crippen LogP contribution in [0, 0.1) is 29.6 Å². The van der Waals surface area contributed by atoms with E-state index >= 15 is 0 Å². The van der Waals surface area contributed by atoms with Gasteiger partial charge in [-0.15, -0.1) is 0 Å². The number of hydrogen-bond acceptors (Lipinski definition) is 8. The molecule has 6 aliphatic heterocycles. The summed E-state index contributed by atoms with van der Waals surface area (Å²) >= 11 is 6.60. The summed E-state index contributed by atoms with van der Waals surface area (Å²) < 4.78 is 0. The minimum Gasteiger partial charge on any atom is -0.357 e. The number of piperazine rings is 1. The summed E-state index contributed by atoms with van der Waals surface area (Å²) in [5, 5.41) is 11.1. The molecule has 0 unspecified atom stereocenters. The summed E-state index contributed by atoms with van der Waals surface area (Å²) in [6.07, 6.45) is 43.8. The third kappa shape index (κ3) is 41.0. The first-order valence-electron chi connectivity index (χ1n) is 41.3. The molecule has 0 aromatic heterocycles. The van der Waals surface area contributed by atoms with E-state index in [1.807, 2.05) is 143 Å². The number of amides is 5. The van der Waals surface area contributed by atoms with Crippen LogP contribution in [0.4, 0.5) is 0 Å². The number of likely N-dealkylation sites (tertiary alicyclic amines) is 2. The van der Waals surface area contributed by atoms with Crippen molar-refractivity contribution in [1.29, 1.82) is 0 Å². The lowest BCUT2D eigenvalue weighted by atomic mass is 9.94. The number of fused-ring (bicyclic) bond motifs is 7. The molecule has 0 aromatic carbocycles. The molecule has 11 fully saturated rings. The van der Waals surface area contributed by atoms with Gasteiger partial charge in [0.1, 0.15) is 0 Å². The first-order valence-corrected chi connectivity index (χ1v) is 43.5. The zero-order valence-electron chi connectivity index (χ0n) is 69.7. The fourth-order valence-electron chi connectivity index (χ4n) is 16.8. The van der Waals surface area contributed by atoms with Crippen molar-refractivity contribution < 1.29 is 24.0 Å². The van der Waals surface area contributed by atoms with Crippen LogP contribution in [0.2, 0.25) is 0 Å². The molecule has 5 aliphatic carbocycles. The van der Waals surface area contributed by atoms with Crippen LogP contribution in [0.25, 0.3) is 0 Å². The second kappa shape index (κ2) is 78.6. The van der Waals surface area contributed by atoms with Crippen LogP contribution in [0.15, 0.2) is 0 Å². The average Bonchev–Trinajstić information content (AvgIpc) is 1.64. The number of alkyl halides is 2. The van der Waals surface area contributed by atoms with Crippen LogP contribution < -0.4 is 21.7 Å². The van der Waals surface area contributed by atoms with Gasteiger partial charge < -0.3 is 41.3 Å². The molecule has 100 heavy (non-hydrogen) atoms. The normalized spacial score (nSPS) is 28.3. The minimum atomic E-state index is 0. The highest BCUT2D eigenvalue weighted by molar-refractivity contribution is 9.09. The molecule has 0 spiro atoms. The Labute approximate surface area is 650 Å². The first kappa shape index (κ1) is 117. The molecule has 5 amide bonds. The van der Waals surface area contributed by atoms with E-state index in [2.05, 4.69) is 71.5 Å². The number of nitrogens with one attached hydrogen (secondary N) is 3. The molecule has 5 saturated carbocycles. The molecule has 15 atom stereocenters. The van der Waals surface area contributed by atoms with Crippen molar-refractivity contribution in [2.45, 2.75) is 418 Å². The summed E-state index contributed by atoms with van der Waals surface area (Å²) in [5.41, 5.74) is 5.66. The van der Waals surface area contributed by atoms with Crippen molar-refractivity contribution in [1.82, 2.24) is 35.6 Å². The highest BCUT2D eigenvalue weighted by Crippen LogP contribution is 2.43. The van der Waals surface area contributed by atoms with E-state index in [4.69, 9.17) is 5.73 Å². The van der Waals surface area contributed by atoms with Crippen LogP contribution in [-0.4, -0.2) is 189 Å². The molecule has 6 heterocycles. The Morgan fingerprint density at radius 3 is 1.16 bits per heavy atom. The van der Waals surface area contributed by atoms with Gasteiger partial charge in [0.05, 0.1) is 17.2 Å². The molecule has 5 N–H and O–H groups in total. The molecule has 0 bridgehead atoms. The molecule has 15 radical (unpaired) electrons. The van der Waals surface area contributed by atoms with Crippen molar-refractivity contribution in [3.63, 3.8) is 0 Å². The summed E-state index contributed by atoms with van der Waals surface area (Å²) in [5.74, 6) is 4.73. The second-order valence-corrected chi connectivity index (χ2v) is 26.2. The van der Waals surface area contributed by atoms with E-state index in [0.29, 0.717) is 77.7 Å². The standard InChI is InChI=1S/C13H21BrN2O2.C13H22BrNO.C13H20N2O2.C11H21N.C10H20N2.10C2H6.5B/c14-7-13(18)16-11(8-15-9-17)6-10-4-2-1-3-5-12(10)16;1-2-11-8-10-6-4-3-5-7-12(10)15(11)13(16)9-14;16-9-14-7-11-6-10-4-2-1-3-5-12(10)15(11)13(17)8-14;1-2-10-8-9-6-4-3-5-7-11(9)12-10;11-7-9-6-8-4-2-1-3-5-10(8)12-9;10*1-2;;;;;/h9-12H,1-8H2,(H,15,17);10-12H,2-9H2,1H3;9-12H,1-8H2;9-12H,2-8H2,1H3;8-10,12H,1-7,11H2;10*1-2H3;;;;;/t10-,11+,12+;10-,11-,12+;10-,11+,12+;9-,10-,11+;8-,9+,10+;;;;;;;;;;;;;;;/m00000.............../s1. The number of hydrogen-bond donors (Lipinski definition) is 4. The maximum absolute atomic E-state index is 12.1. The lowest BCUT2D eigenvalue weighted by Gasteiger charge is -2.38. The third-order valence-electron chi connectivity index (χ3n) is 20.4. The van der Waals surface area contributed by atoms with Gasteiger partial charge in [0.25, 0.3) is 0 Å². The predicted molar refractivity (Wildman–Crippen MR) is 452 cm³/mol. The minimum absolute atomic E-state index is 0. The molecule has 11 aliphatic rings. The van der Waals surface area contributed by atoms with Crippen LogP contribution in [0.5, 0.6) is 0 Å². The average molecular weight is 1530 g/mol. The second-order valence-electron chi connectivity index (χ2n) is 25.1. The van der Waals surface area contributed by atoms with Crippen molar-refractivity contribution in [2.75, 3.05) is 36.8 Å². The van der Waals surface area contributed by atoms with Crippen LogP contribution in [0.3, 0.4) is 0 Å². The fraction of sp³-hybridized carbons (Fsp3) is 0.938. The van der Waals surface area contributed by atoms with E-state index < -0.39 is 0 Å². The van der Waals surface area contributed by atoms with Gasteiger partial charge in [-0.2, -0.15) is 0 Å². The van der Waals surface area contributed by atoms with Crippen molar-refractivity contribution in [3.05, 3.63) is 0 Å². The number of nitrogens with two attached hydrogens (primary N) is 1. The van der Waals surface area contributed by atoms with E-state index in [9.17, 15) is 24.0 Å². The van der Waals surface area contributed by atoms with E-state index in [0.717, 1.165) is 87.5 Å². The third-order valence-corrected chi connectivity index (χ3v) is 21.4. The number of carbonyl (C=O) groups excluding carboxylic acids is 5. The highest BCUT2D eigenvalue weighted by Gasteiger charge is 2.47. The Morgan fingerprint density at radius 1 is 0.450 bits per heavy atom. The summed E-state index contributed by atoms with van der Waals surface area (Å²) in [7, 11) is 0. The van der Waals surface area contributed by atoms with E-state index in [-0.39, 0.29) is 59.9 Å². The Hall–Kier alpha value is -1.49. The lowest BCUT2D eigenvalue weighted by Crippen LogP contribution is -2.55. The fourth-order valence-corrected chi connectivity index (χ4v) is 17.4. The molecular weight excluding hydrogens is 1370 g/mol. The van der Waals surface area contributed by atoms with Crippen molar-refractivity contribution >= 4 is 104 Å². The largest absolute Gasteiger partial charge is 0.357 e. The Bertz CT molecular complexity index is 1720. The van der Waals surface area contributed by atoms with Gasteiger partial charge in [0.2, 0.25) is 30.5 Å². The molecule has 13 nitrogen and oxygen atoms in total. The van der Waals surface area contributed by atoms with Gasteiger partial charge in [-0.3, -0.25) is 24.0 Å². The van der Waals surface area contributed by atoms with Crippen molar-refractivity contribution in [2.24, 2.45) is 35.3 Å². The number of halogens is 2. The lowest BCUT2D eigenvalue weighted by molar-refractivity contribution is -0.144. The van der Waals surface area contributed by atoms with E-state index in [1.165, 1.54) is 180 Å². The maximum Gasteiger partial charge on any atom is 0.242 e. The monoisotopic (exact) mass is 1530 g/mol. The summed E-state index contributed by atoms with van der Waals surface area (Å²) in [6.45, 7) is 47.0. The van der Waals surface area contributed by atoms with E-state index in [1.54, 1.807) is 4.90 Å². The zero-order chi connectivity index (χ0) is 73.1. The predicted octanol–water partition coefficient (Wildman–Crippen LogP) is 18.3. The number of rotatable bonds is 9. The van der Waals surface area contributed by atoms with Gasteiger partial charge in [0.15, 0.2) is 0 Å². The molecule has 20 heteroatoms. The van der Waals surface area contributed by atoms with Crippen molar-refractivity contribution in [3.8, 4) is 0 Å². The number of nitrogens with zero attached hydrogens (tertiary/aromatic N) is 4. The smallest absolute Gasteiger partial charge is 0.242 e. The van der Waals surface area contributed by atoms with Gasteiger partial charge in [-0.25, -0.2) is 0 Å². The summed E-state index contributed by atoms with van der Waals surface area (Å²) in [4.78, 5) is 65.6. The molecule has 583 valence electrons.